The van der Waals surface area contributed by atoms with Crippen molar-refractivity contribution in [3.05, 3.63) is 34.6 Å². The summed E-state index contributed by atoms with van der Waals surface area (Å²) in [5, 5.41) is 15.1. The molecule has 1 aromatic carbocycles. The second-order valence-electron chi connectivity index (χ2n) is 3.99. The second kappa shape index (κ2) is 5.37. The summed E-state index contributed by atoms with van der Waals surface area (Å²) < 4.78 is 2.71. The Bertz CT molecular complexity index is 494. The molecule has 0 unspecified atom stereocenters. The lowest BCUT2D eigenvalue weighted by Crippen LogP contribution is -2.24. The molecule has 0 aliphatic heterocycles. The number of tetrazole rings is 1. The summed E-state index contributed by atoms with van der Waals surface area (Å²) in [4.78, 5) is 0. The summed E-state index contributed by atoms with van der Waals surface area (Å²) in [6.45, 7) is 4.82. The van der Waals surface area contributed by atoms with Crippen molar-refractivity contribution in [2.45, 2.75) is 26.4 Å². The molecule has 0 amide bonds. The summed E-state index contributed by atoms with van der Waals surface area (Å²) in [5.74, 6) is 0.797. The van der Waals surface area contributed by atoms with Crippen LogP contribution in [0.1, 0.15) is 19.7 Å². The minimum absolute atomic E-state index is 0.402. The van der Waals surface area contributed by atoms with Gasteiger partial charge in [-0.1, -0.05) is 26.0 Å². The lowest BCUT2D eigenvalue weighted by molar-refractivity contribution is 0.563. The van der Waals surface area contributed by atoms with Crippen LogP contribution in [-0.4, -0.2) is 26.2 Å². The predicted molar refractivity (Wildman–Crippen MR) is 68.8 cm³/mol. The molecule has 0 saturated carbocycles. The first-order valence-electron chi connectivity index (χ1n) is 5.44. The Labute approximate surface area is 108 Å². The van der Waals surface area contributed by atoms with Crippen molar-refractivity contribution in [1.82, 2.24) is 25.5 Å². The van der Waals surface area contributed by atoms with E-state index >= 15 is 0 Å². The summed E-state index contributed by atoms with van der Waals surface area (Å²) in [5.41, 5.74) is 0.943. The van der Waals surface area contributed by atoms with E-state index in [1.807, 2.05) is 24.3 Å². The lowest BCUT2D eigenvalue weighted by Gasteiger charge is -2.09. The summed E-state index contributed by atoms with van der Waals surface area (Å²) in [6.07, 6.45) is 0. The SMILES string of the molecule is CC(C)NCc1nnnn1-c1ccccc1Br. The Kier molecular flexibility index (Phi) is 3.86. The van der Waals surface area contributed by atoms with E-state index in [1.165, 1.54) is 0 Å². The Balaban J connectivity index is 2.28. The molecule has 1 aromatic heterocycles. The van der Waals surface area contributed by atoms with Crippen molar-refractivity contribution in [2.24, 2.45) is 0 Å². The molecule has 0 spiro atoms. The minimum Gasteiger partial charge on any atom is -0.308 e. The van der Waals surface area contributed by atoms with Crippen molar-refractivity contribution in [2.75, 3.05) is 0 Å². The molecule has 2 aromatic rings. The van der Waals surface area contributed by atoms with Gasteiger partial charge in [0.05, 0.1) is 12.2 Å². The fourth-order valence-corrected chi connectivity index (χ4v) is 1.87. The van der Waals surface area contributed by atoms with Crippen molar-refractivity contribution in [3.8, 4) is 5.69 Å². The van der Waals surface area contributed by atoms with E-state index in [0.29, 0.717) is 12.6 Å². The number of rotatable bonds is 4. The molecule has 6 heteroatoms. The van der Waals surface area contributed by atoms with Crippen LogP contribution in [0.25, 0.3) is 5.69 Å². The Hall–Kier alpha value is -1.27. The molecule has 2 rings (SSSR count). The van der Waals surface area contributed by atoms with Crippen LogP contribution < -0.4 is 5.32 Å². The van der Waals surface area contributed by atoms with Gasteiger partial charge < -0.3 is 5.32 Å². The molecule has 1 heterocycles. The molecule has 0 fully saturated rings. The molecule has 5 nitrogen and oxygen atoms in total. The quantitative estimate of drug-likeness (QED) is 0.936. The van der Waals surface area contributed by atoms with Gasteiger partial charge in [-0.05, 0) is 38.5 Å². The number of benzene rings is 1. The molecule has 1 N–H and O–H groups in total. The first kappa shape index (κ1) is 12.2. The van der Waals surface area contributed by atoms with Gasteiger partial charge in [0, 0.05) is 10.5 Å². The van der Waals surface area contributed by atoms with Crippen molar-refractivity contribution in [3.63, 3.8) is 0 Å². The zero-order valence-electron chi connectivity index (χ0n) is 9.76. The second-order valence-corrected chi connectivity index (χ2v) is 4.85. The first-order valence-corrected chi connectivity index (χ1v) is 6.23. The molecule has 0 saturated heterocycles. The zero-order chi connectivity index (χ0) is 12.3. The minimum atomic E-state index is 0.402. The largest absolute Gasteiger partial charge is 0.308 e. The highest BCUT2D eigenvalue weighted by Gasteiger charge is 2.10. The molecular weight excluding hydrogens is 282 g/mol. The third kappa shape index (κ3) is 2.89. The molecule has 90 valence electrons. The van der Waals surface area contributed by atoms with Gasteiger partial charge in [-0.2, -0.15) is 4.68 Å². The Morgan fingerprint density at radius 2 is 2.12 bits per heavy atom. The number of para-hydroxylation sites is 1. The average Bonchev–Trinajstić information content (AvgIpc) is 2.75. The fourth-order valence-electron chi connectivity index (χ4n) is 1.42. The molecule has 0 aliphatic carbocycles. The monoisotopic (exact) mass is 295 g/mol. The number of hydrogen-bond donors (Lipinski definition) is 1. The van der Waals surface area contributed by atoms with Gasteiger partial charge >= 0.3 is 0 Å². The van der Waals surface area contributed by atoms with E-state index in [0.717, 1.165) is 16.0 Å². The van der Waals surface area contributed by atoms with E-state index in [4.69, 9.17) is 0 Å². The normalized spacial score (nSPS) is 11.1. The molecule has 17 heavy (non-hydrogen) atoms. The van der Waals surface area contributed by atoms with Crippen LogP contribution in [0.3, 0.4) is 0 Å². The lowest BCUT2D eigenvalue weighted by atomic mass is 10.3. The third-order valence-electron chi connectivity index (χ3n) is 2.28. The topological polar surface area (TPSA) is 55.6 Å². The van der Waals surface area contributed by atoms with Gasteiger partial charge in [0.1, 0.15) is 0 Å². The maximum Gasteiger partial charge on any atom is 0.170 e. The van der Waals surface area contributed by atoms with E-state index in [-0.39, 0.29) is 0 Å². The smallest absolute Gasteiger partial charge is 0.170 e. The van der Waals surface area contributed by atoms with Crippen LogP contribution in [0.4, 0.5) is 0 Å². The number of nitrogens with one attached hydrogen (secondary N) is 1. The van der Waals surface area contributed by atoms with Gasteiger partial charge in [-0.3, -0.25) is 0 Å². The van der Waals surface area contributed by atoms with Crippen LogP contribution in [0, 0.1) is 0 Å². The zero-order valence-corrected chi connectivity index (χ0v) is 11.3. The van der Waals surface area contributed by atoms with E-state index in [2.05, 4.69) is 50.6 Å². The summed E-state index contributed by atoms with van der Waals surface area (Å²) in [7, 11) is 0. The van der Waals surface area contributed by atoms with Crippen molar-refractivity contribution in [1.29, 1.82) is 0 Å². The van der Waals surface area contributed by atoms with Gasteiger partial charge in [-0.25, -0.2) is 0 Å². The Morgan fingerprint density at radius 3 is 2.82 bits per heavy atom. The highest BCUT2D eigenvalue weighted by Crippen LogP contribution is 2.19. The maximum atomic E-state index is 4.02. The van der Waals surface area contributed by atoms with E-state index < -0.39 is 0 Å². The third-order valence-corrected chi connectivity index (χ3v) is 2.95. The highest BCUT2D eigenvalue weighted by atomic mass is 79.9. The van der Waals surface area contributed by atoms with Gasteiger partial charge in [0.2, 0.25) is 0 Å². The molecule has 0 aliphatic rings. The Morgan fingerprint density at radius 1 is 1.35 bits per heavy atom. The average molecular weight is 296 g/mol. The summed E-state index contributed by atoms with van der Waals surface area (Å²) in [6, 6.07) is 8.26. The number of hydrogen-bond acceptors (Lipinski definition) is 4. The molecule has 0 radical (unpaired) electrons. The van der Waals surface area contributed by atoms with Crippen LogP contribution in [0.5, 0.6) is 0 Å². The highest BCUT2D eigenvalue weighted by molar-refractivity contribution is 9.10. The number of aromatic nitrogens is 4. The maximum absolute atomic E-state index is 4.02. The van der Waals surface area contributed by atoms with Gasteiger partial charge in [0.25, 0.3) is 0 Å². The molecular formula is C11H14BrN5. The first-order chi connectivity index (χ1) is 8.18. The van der Waals surface area contributed by atoms with Crippen LogP contribution >= 0.6 is 15.9 Å². The number of halogens is 1. The van der Waals surface area contributed by atoms with Gasteiger partial charge in [-0.15, -0.1) is 5.10 Å². The van der Waals surface area contributed by atoms with E-state index in [1.54, 1.807) is 4.68 Å². The molecule has 0 bridgehead atoms. The summed E-state index contributed by atoms with van der Waals surface area (Å²) >= 11 is 3.50. The van der Waals surface area contributed by atoms with E-state index in [9.17, 15) is 0 Å². The standard InChI is InChI=1S/C11H14BrN5/c1-8(2)13-7-11-14-15-16-17(11)10-6-4-3-5-9(10)12/h3-6,8,13H,7H2,1-2H3. The molecule has 0 atom stereocenters. The fraction of sp³-hybridized carbons (Fsp3) is 0.364. The van der Waals surface area contributed by atoms with Crippen molar-refractivity contribution < 1.29 is 0 Å². The van der Waals surface area contributed by atoms with Gasteiger partial charge in [0.15, 0.2) is 5.82 Å². The van der Waals surface area contributed by atoms with Crippen LogP contribution in [0.2, 0.25) is 0 Å². The number of nitrogens with zero attached hydrogens (tertiary/aromatic N) is 4. The van der Waals surface area contributed by atoms with Crippen molar-refractivity contribution >= 4 is 15.9 Å². The van der Waals surface area contributed by atoms with Crippen LogP contribution in [0.15, 0.2) is 28.7 Å². The van der Waals surface area contributed by atoms with Crippen LogP contribution in [-0.2, 0) is 6.54 Å². The predicted octanol–water partition coefficient (Wildman–Crippen LogP) is 1.92.